The molecule has 1 aromatic rings. The molecule has 0 saturated heterocycles. The zero-order valence-corrected chi connectivity index (χ0v) is 11.4. The Bertz CT molecular complexity index is 406. The second-order valence-electron chi connectivity index (χ2n) is 4.03. The zero-order chi connectivity index (χ0) is 13.7. The third kappa shape index (κ3) is 4.46. The minimum Gasteiger partial charge on any atom is -0.396 e. The number of aliphatic hydroxyl groups is 2. The largest absolute Gasteiger partial charge is 0.396 e. The second kappa shape index (κ2) is 6.95. The van der Waals surface area contributed by atoms with Crippen LogP contribution in [0, 0.1) is 0 Å². The smallest absolute Gasteiger partial charge is 0.253 e. The van der Waals surface area contributed by atoms with Crippen molar-refractivity contribution in [1.82, 2.24) is 5.32 Å². The Morgan fingerprint density at radius 3 is 2.39 bits per heavy atom. The first-order valence-electron chi connectivity index (χ1n) is 5.49. The van der Waals surface area contributed by atoms with Gasteiger partial charge in [-0.2, -0.15) is 0 Å². The van der Waals surface area contributed by atoms with Crippen LogP contribution in [0.4, 0.5) is 0 Å². The highest BCUT2D eigenvalue weighted by molar-refractivity contribution is 6.34. The molecule has 3 N–H and O–H groups in total. The minimum atomic E-state index is -1.33. The van der Waals surface area contributed by atoms with Crippen molar-refractivity contribution in [2.24, 2.45) is 0 Å². The summed E-state index contributed by atoms with van der Waals surface area (Å²) in [6, 6.07) is 4.26. The molecule has 1 amide bonds. The van der Waals surface area contributed by atoms with Crippen molar-refractivity contribution in [1.29, 1.82) is 0 Å². The Balaban J connectivity index is 2.73. The van der Waals surface area contributed by atoms with Crippen LogP contribution >= 0.6 is 23.2 Å². The van der Waals surface area contributed by atoms with Gasteiger partial charge in [0.2, 0.25) is 0 Å². The Morgan fingerprint density at radius 1 is 1.33 bits per heavy atom. The molecule has 2 unspecified atom stereocenters. The Hall–Kier alpha value is -0.810. The van der Waals surface area contributed by atoms with E-state index in [0.29, 0.717) is 22.0 Å². The van der Waals surface area contributed by atoms with E-state index in [1.807, 2.05) is 0 Å². The van der Waals surface area contributed by atoms with Crippen LogP contribution in [0.5, 0.6) is 0 Å². The SMILES string of the molecule is CC(CCO)NC(=O)C(O)c1cc(Cl)cc(Cl)c1. The molecular formula is C12H15Cl2NO3. The molecule has 18 heavy (non-hydrogen) atoms. The lowest BCUT2D eigenvalue weighted by molar-refractivity contribution is -0.130. The number of rotatable bonds is 5. The number of carbonyl (C=O) groups excluding carboxylic acids is 1. The monoisotopic (exact) mass is 291 g/mol. The lowest BCUT2D eigenvalue weighted by Gasteiger charge is -2.16. The van der Waals surface area contributed by atoms with E-state index in [0.717, 1.165) is 0 Å². The fourth-order valence-corrected chi connectivity index (χ4v) is 2.01. The lowest BCUT2D eigenvalue weighted by atomic mass is 10.1. The molecule has 0 saturated carbocycles. The molecule has 0 aliphatic heterocycles. The third-order valence-electron chi connectivity index (χ3n) is 2.40. The molecule has 6 heteroatoms. The van der Waals surface area contributed by atoms with E-state index in [-0.39, 0.29) is 12.6 Å². The number of benzene rings is 1. The van der Waals surface area contributed by atoms with Crippen molar-refractivity contribution in [3.8, 4) is 0 Å². The van der Waals surface area contributed by atoms with Gasteiger partial charge in [0.1, 0.15) is 0 Å². The molecule has 0 aliphatic carbocycles. The zero-order valence-electron chi connectivity index (χ0n) is 9.86. The molecule has 0 heterocycles. The average Bonchev–Trinajstić information content (AvgIpc) is 2.26. The van der Waals surface area contributed by atoms with Crippen molar-refractivity contribution < 1.29 is 15.0 Å². The van der Waals surface area contributed by atoms with Gasteiger partial charge in [-0.1, -0.05) is 23.2 Å². The summed E-state index contributed by atoms with van der Waals surface area (Å²) in [5.74, 6) is -0.547. The molecule has 0 spiro atoms. The average molecular weight is 292 g/mol. The van der Waals surface area contributed by atoms with E-state index in [2.05, 4.69) is 5.32 Å². The van der Waals surface area contributed by atoms with Crippen LogP contribution in [-0.2, 0) is 4.79 Å². The fraction of sp³-hybridized carbons (Fsp3) is 0.417. The van der Waals surface area contributed by atoms with Crippen molar-refractivity contribution in [2.75, 3.05) is 6.61 Å². The van der Waals surface area contributed by atoms with E-state index in [9.17, 15) is 9.90 Å². The molecule has 1 rings (SSSR count). The summed E-state index contributed by atoms with van der Waals surface area (Å²) in [5.41, 5.74) is 0.334. The van der Waals surface area contributed by atoms with Crippen molar-refractivity contribution in [3.63, 3.8) is 0 Å². The maximum Gasteiger partial charge on any atom is 0.253 e. The number of hydrogen-bond donors (Lipinski definition) is 3. The van der Waals surface area contributed by atoms with Crippen LogP contribution in [0.3, 0.4) is 0 Å². The van der Waals surface area contributed by atoms with Gasteiger partial charge in [-0.25, -0.2) is 0 Å². The third-order valence-corrected chi connectivity index (χ3v) is 2.84. The molecule has 2 atom stereocenters. The van der Waals surface area contributed by atoms with Crippen LogP contribution < -0.4 is 5.32 Å². The van der Waals surface area contributed by atoms with E-state index in [4.69, 9.17) is 28.3 Å². The highest BCUT2D eigenvalue weighted by Crippen LogP contribution is 2.23. The normalized spacial score (nSPS) is 14.1. The van der Waals surface area contributed by atoms with E-state index >= 15 is 0 Å². The van der Waals surface area contributed by atoms with Crippen LogP contribution in [0.1, 0.15) is 25.0 Å². The predicted molar refractivity (Wildman–Crippen MR) is 70.7 cm³/mol. The summed E-state index contributed by atoms with van der Waals surface area (Å²) in [6.45, 7) is 1.71. The Kier molecular flexibility index (Phi) is 5.88. The van der Waals surface area contributed by atoms with Gasteiger partial charge in [-0.3, -0.25) is 4.79 Å². The number of halogens is 2. The highest BCUT2D eigenvalue weighted by Gasteiger charge is 2.19. The number of nitrogens with one attached hydrogen (secondary N) is 1. The molecule has 0 aromatic heterocycles. The van der Waals surface area contributed by atoms with Crippen LogP contribution in [0.15, 0.2) is 18.2 Å². The maximum absolute atomic E-state index is 11.7. The topological polar surface area (TPSA) is 69.6 Å². The van der Waals surface area contributed by atoms with Crippen molar-refractivity contribution >= 4 is 29.1 Å². The Morgan fingerprint density at radius 2 is 1.89 bits per heavy atom. The summed E-state index contributed by atoms with van der Waals surface area (Å²) >= 11 is 11.6. The number of amides is 1. The standard InChI is InChI=1S/C12H15Cl2NO3/c1-7(2-3-16)15-12(18)11(17)8-4-9(13)6-10(14)5-8/h4-7,11,16-17H,2-3H2,1H3,(H,15,18). The quantitative estimate of drug-likeness (QED) is 0.776. The van der Waals surface area contributed by atoms with Crippen molar-refractivity contribution in [3.05, 3.63) is 33.8 Å². The van der Waals surface area contributed by atoms with Crippen molar-refractivity contribution in [2.45, 2.75) is 25.5 Å². The summed E-state index contributed by atoms with van der Waals surface area (Å²) < 4.78 is 0. The first-order valence-corrected chi connectivity index (χ1v) is 6.25. The second-order valence-corrected chi connectivity index (χ2v) is 4.90. The van der Waals surface area contributed by atoms with Gasteiger partial charge >= 0.3 is 0 Å². The van der Waals surface area contributed by atoms with Crippen LogP contribution in [-0.4, -0.2) is 28.8 Å². The van der Waals surface area contributed by atoms with E-state index < -0.39 is 12.0 Å². The fourth-order valence-electron chi connectivity index (χ4n) is 1.47. The van der Waals surface area contributed by atoms with E-state index in [1.165, 1.54) is 18.2 Å². The minimum absolute atomic E-state index is 0.0272. The van der Waals surface area contributed by atoms with Gasteiger partial charge in [-0.05, 0) is 37.1 Å². The highest BCUT2D eigenvalue weighted by atomic mass is 35.5. The first-order chi connectivity index (χ1) is 8.43. The molecule has 0 radical (unpaired) electrons. The van der Waals surface area contributed by atoms with E-state index in [1.54, 1.807) is 6.92 Å². The summed E-state index contributed by atoms with van der Waals surface area (Å²) in [7, 11) is 0. The molecule has 0 bridgehead atoms. The lowest BCUT2D eigenvalue weighted by Crippen LogP contribution is -2.36. The number of carbonyl (C=O) groups is 1. The van der Waals surface area contributed by atoms with Gasteiger partial charge in [0.15, 0.2) is 6.10 Å². The Labute approximate surface area is 116 Å². The number of hydrogen-bond acceptors (Lipinski definition) is 3. The van der Waals surface area contributed by atoms with Gasteiger partial charge in [0.05, 0.1) is 0 Å². The molecule has 1 aromatic carbocycles. The summed E-state index contributed by atoms with van der Waals surface area (Å²) in [4.78, 5) is 11.7. The molecule has 100 valence electrons. The van der Waals surface area contributed by atoms with Gasteiger partial charge in [0, 0.05) is 22.7 Å². The summed E-state index contributed by atoms with van der Waals surface area (Å²) in [6.07, 6.45) is -0.906. The van der Waals surface area contributed by atoms with Crippen LogP contribution in [0.25, 0.3) is 0 Å². The maximum atomic E-state index is 11.7. The first kappa shape index (κ1) is 15.2. The molecular weight excluding hydrogens is 277 g/mol. The van der Waals surface area contributed by atoms with Crippen LogP contribution in [0.2, 0.25) is 10.0 Å². The predicted octanol–water partition coefficient (Wildman–Crippen LogP) is 1.91. The molecule has 4 nitrogen and oxygen atoms in total. The molecule has 0 aliphatic rings. The summed E-state index contributed by atoms with van der Waals surface area (Å²) in [5, 5.41) is 21.9. The number of aliphatic hydroxyl groups excluding tert-OH is 2. The van der Waals surface area contributed by atoms with Gasteiger partial charge in [0.25, 0.3) is 5.91 Å². The molecule has 0 fully saturated rings. The van der Waals surface area contributed by atoms with Gasteiger partial charge < -0.3 is 15.5 Å². The van der Waals surface area contributed by atoms with Gasteiger partial charge in [-0.15, -0.1) is 0 Å².